The summed E-state index contributed by atoms with van der Waals surface area (Å²) in [5.74, 6) is -1.59. The number of nitro groups is 1. The second-order valence-corrected chi connectivity index (χ2v) is 5.25. The van der Waals surface area contributed by atoms with Crippen LogP contribution in [0, 0.1) is 21.7 Å². The molecule has 1 heterocycles. The van der Waals surface area contributed by atoms with Gasteiger partial charge in [0.05, 0.1) is 15.8 Å². The van der Waals surface area contributed by atoms with Crippen LogP contribution in [0.4, 0.5) is 14.5 Å². The monoisotopic (exact) mass is 358 g/mol. The predicted molar refractivity (Wildman–Crippen MR) is 72.9 cm³/mol. The van der Waals surface area contributed by atoms with Crippen LogP contribution in [0.1, 0.15) is 24.7 Å². The third kappa shape index (κ3) is 2.31. The summed E-state index contributed by atoms with van der Waals surface area (Å²) < 4.78 is 29.9. The fraction of sp³-hybridized carbons (Fsp3) is 0.333. The zero-order valence-corrected chi connectivity index (χ0v) is 12.2. The molecular formula is C12H9BrF2N4O2. The Balaban J connectivity index is 2.23. The summed E-state index contributed by atoms with van der Waals surface area (Å²) >= 11 is 3.25. The average molecular weight is 359 g/mol. The molecule has 9 heteroatoms. The minimum absolute atomic E-state index is 0.00866. The number of hydrogen-bond donors (Lipinski definition) is 0. The summed E-state index contributed by atoms with van der Waals surface area (Å²) in [7, 11) is 0. The van der Waals surface area contributed by atoms with Gasteiger partial charge in [0.1, 0.15) is 11.6 Å². The molecule has 0 radical (unpaired) electrons. The molecule has 0 N–H and O–H groups in total. The number of nitro benzene ring substituents is 1. The molecule has 0 bridgehead atoms. The zero-order valence-electron chi connectivity index (χ0n) is 10.6. The van der Waals surface area contributed by atoms with Crippen LogP contribution in [-0.2, 0) is 5.33 Å². The Bertz CT molecular complexity index is 730. The Kier molecular flexibility index (Phi) is 3.44. The van der Waals surface area contributed by atoms with Crippen LogP contribution in [0.25, 0.3) is 11.4 Å². The molecule has 2 aromatic rings. The fourth-order valence-corrected chi connectivity index (χ4v) is 2.57. The van der Waals surface area contributed by atoms with Crippen molar-refractivity contribution in [2.75, 3.05) is 0 Å². The van der Waals surface area contributed by atoms with E-state index >= 15 is 0 Å². The van der Waals surface area contributed by atoms with Gasteiger partial charge in [-0.3, -0.25) is 10.1 Å². The normalized spacial score (nSPS) is 14.4. The van der Waals surface area contributed by atoms with Gasteiger partial charge >= 0.3 is 5.69 Å². The van der Waals surface area contributed by atoms with E-state index in [9.17, 15) is 18.9 Å². The summed E-state index contributed by atoms with van der Waals surface area (Å²) in [6, 6.07) is 1.76. The summed E-state index contributed by atoms with van der Waals surface area (Å²) in [4.78, 5) is 9.91. The van der Waals surface area contributed by atoms with Crippen molar-refractivity contribution in [3.8, 4) is 11.4 Å². The second-order valence-electron chi connectivity index (χ2n) is 4.69. The standard InChI is InChI=1S/C12H9BrF2N4O2/c13-5-9-16-17-12(18(9)6-1-2-6)10-7(14)3-4-8(11(10)15)19(20)21/h3-4,6H,1-2,5H2. The maximum absolute atomic E-state index is 14.3. The highest BCUT2D eigenvalue weighted by molar-refractivity contribution is 9.08. The first kappa shape index (κ1) is 14.1. The number of aromatic nitrogens is 3. The minimum atomic E-state index is -1.23. The highest BCUT2D eigenvalue weighted by Gasteiger charge is 2.33. The van der Waals surface area contributed by atoms with E-state index in [1.54, 1.807) is 4.57 Å². The van der Waals surface area contributed by atoms with Crippen molar-refractivity contribution < 1.29 is 13.7 Å². The lowest BCUT2D eigenvalue weighted by Gasteiger charge is -2.09. The molecule has 3 rings (SSSR count). The molecule has 0 amide bonds. The lowest BCUT2D eigenvalue weighted by molar-refractivity contribution is -0.387. The van der Waals surface area contributed by atoms with Gasteiger partial charge in [0, 0.05) is 12.1 Å². The van der Waals surface area contributed by atoms with Gasteiger partial charge in [-0.25, -0.2) is 4.39 Å². The van der Waals surface area contributed by atoms with Gasteiger partial charge in [-0.1, -0.05) is 15.9 Å². The van der Waals surface area contributed by atoms with Gasteiger partial charge in [0.2, 0.25) is 5.82 Å². The molecule has 0 spiro atoms. The van der Waals surface area contributed by atoms with Crippen LogP contribution in [0.5, 0.6) is 0 Å². The van der Waals surface area contributed by atoms with E-state index in [0.29, 0.717) is 11.2 Å². The number of nitrogens with zero attached hydrogens (tertiary/aromatic N) is 4. The van der Waals surface area contributed by atoms with Crippen LogP contribution in [0.2, 0.25) is 0 Å². The predicted octanol–water partition coefficient (Wildman–Crippen LogP) is 3.36. The molecule has 110 valence electrons. The van der Waals surface area contributed by atoms with E-state index < -0.39 is 27.8 Å². The Morgan fingerprint density at radius 2 is 2.10 bits per heavy atom. The Morgan fingerprint density at radius 3 is 2.67 bits per heavy atom. The number of hydrogen-bond acceptors (Lipinski definition) is 4. The molecule has 1 aliphatic carbocycles. The van der Waals surface area contributed by atoms with Crippen LogP contribution < -0.4 is 0 Å². The van der Waals surface area contributed by atoms with Crippen LogP contribution in [-0.4, -0.2) is 19.7 Å². The molecule has 0 saturated heterocycles. The van der Waals surface area contributed by atoms with E-state index in [0.717, 1.165) is 25.0 Å². The van der Waals surface area contributed by atoms with E-state index in [-0.39, 0.29) is 11.9 Å². The number of rotatable bonds is 4. The third-order valence-electron chi connectivity index (χ3n) is 3.29. The largest absolute Gasteiger partial charge is 0.307 e. The molecule has 1 saturated carbocycles. The SMILES string of the molecule is O=[N+]([O-])c1ccc(F)c(-c2nnc(CBr)n2C2CC2)c1F. The van der Waals surface area contributed by atoms with Crippen molar-refractivity contribution in [2.45, 2.75) is 24.2 Å². The highest BCUT2D eigenvalue weighted by atomic mass is 79.9. The van der Waals surface area contributed by atoms with E-state index in [4.69, 9.17) is 0 Å². The smallest absolute Gasteiger partial charge is 0.305 e. The van der Waals surface area contributed by atoms with Crippen LogP contribution in [0.15, 0.2) is 12.1 Å². The van der Waals surface area contributed by atoms with Crippen LogP contribution >= 0.6 is 15.9 Å². The maximum Gasteiger partial charge on any atom is 0.305 e. The molecule has 1 fully saturated rings. The zero-order chi connectivity index (χ0) is 15.1. The lowest BCUT2D eigenvalue weighted by Crippen LogP contribution is -2.05. The van der Waals surface area contributed by atoms with Crippen LogP contribution in [0.3, 0.4) is 0 Å². The molecule has 1 aromatic heterocycles. The molecule has 1 aromatic carbocycles. The second kappa shape index (κ2) is 5.14. The maximum atomic E-state index is 14.3. The first-order valence-electron chi connectivity index (χ1n) is 6.17. The molecule has 0 atom stereocenters. The van der Waals surface area contributed by atoms with Crippen molar-refractivity contribution in [1.82, 2.24) is 14.8 Å². The number of benzene rings is 1. The molecule has 0 unspecified atom stereocenters. The Hall–Kier alpha value is -1.90. The van der Waals surface area contributed by atoms with Crippen molar-refractivity contribution in [2.24, 2.45) is 0 Å². The van der Waals surface area contributed by atoms with E-state index in [1.165, 1.54) is 0 Å². The van der Waals surface area contributed by atoms with Crippen molar-refractivity contribution in [3.05, 3.63) is 39.7 Å². The van der Waals surface area contributed by atoms with Gasteiger partial charge in [-0.05, 0) is 18.9 Å². The van der Waals surface area contributed by atoms with Crippen molar-refractivity contribution in [1.29, 1.82) is 0 Å². The first-order chi connectivity index (χ1) is 10.0. The summed E-state index contributed by atoms with van der Waals surface area (Å²) in [5.41, 5.74) is -1.28. The Labute approximate surface area is 126 Å². The van der Waals surface area contributed by atoms with Gasteiger partial charge in [-0.2, -0.15) is 4.39 Å². The van der Waals surface area contributed by atoms with Crippen molar-refractivity contribution >= 4 is 21.6 Å². The number of halogens is 3. The molecule has 0 aliphatic heterocycles. The van der Waals surface area contributed by atoms with Gasteiger partial charge in [0.25, 0.3) is 0 Å². The van der Waals surface area contributed by atoms with Gasteiger partial charge in [0.15, 0.2) is 5.82 Å². The lowest BCUT2D eigenvalue weighted by atomic mass is 10.1. The third-order valence-corrected chi connectivity index (χ3v) is 3.79. The Morgan fingerprint density at radius 1 is 1.38 bits per heavy atom. The molecule has 1 aliphatic rings. The summed E-state index contributed by atoms with van der Waals surface area (Å²) in [5, 5.41) is 18.9. The topological polar surface area (TPSA) is 73.8 Å². The highest BCUT2D eigenvalue weighted by Crippen LogP contribution is 2.41. The van der Waals surface area contributed by atoms with Gasteiger partial charge in [-0.15, -0.1) is 10.2 Å². The summed E-state index contributed by atoms with van der Waals surface area (Å²) in [6.07, 6.45) is 1.73. The molecule has 6 nitrogen and oxygen atoms in total. The minimum Gasteiger partial charge on any atom is -0.307 e. The first-order valence-corrected chi connectivity index (χ1v) is 7.29. The summed E-state index contributed by atoms with van der Waals surface area (Å²) in [6.45, 7) is 0. The van der Waals surface area contributed by atoms with E-state index in [2.05, 4.69) is 26.1 Å². The fourth-order valence-electron chi connectivity index (χ4n) is 2.19. The number of alkyl halides is 1. The van der Waals surface area contributed by atoms with E-state index in [1.807, 2.05) is 0 Å². The molecular weight excluding hydrogens is 350 g/mol. The molecule has 21 heavy (non-hydrogen) atoms. The van der Waals surface area contributed by atoms with Gasteiger partial charge < -0.3 is 4.57 Å². The van der Waals surface area contributed by atoms with Crippen molar-refractivity contribution in [3.63, 3.8) is 0 Å². The quantitative estimate of drug-likeness (QED) is 0.477. The average Bonchev–Trinajstić information content (AvgIpc) is 3.19.